The predicted molar refractivity (Wildman–Crippen MR) is 140 cm³/mol. The lowest BCUT2D eigenvalue weighted by molar-refractivity contribution is -0.134. The first-order valence-electron chi connectivity index (χ1n) is 11.3. The topological polar surface area (TPSA) is 66.9 Å². The summed E-state index contributed by atoms with van der Waals surface area (Å²) in [5.41, 5.74) is 1.23. The molecule has 1 aliphatic rings. The largest absolute Gasteiger partial charge is 0.497 e. The molecule has 186 valence electrons. The van der Waals surface area contributed by atoms with Crippen LogP contribution < -0.4 is 4.74 Å². The van der Waals surface area contributed by atoms with E-state index in [-0.39, 0.29) is 23.4 Å². The van der Waals surface area contributed by atoms with Gasteiger partial charge in [-0.2, -0.15) is 4.31 Å². The molecule has 6 nitrogen and oxygen atoms in total. The molecular formula is C26H29ClN2O4S2. The highest BCUT2D eigenvalue weighted by atomic mass is 35.5. The number of amides is 1. The highest BCUT2D eigenvalue weighted by Gasteiger charge is 2.39. The number of halogens is 1. The number of benzene rings is 2. The Labute approximate surface area is 216 Å². The smallest absolute Gasteiger partial charge is 0.244 e. The van der Waals surface area contributed by atoms with E-state index in [1.807, 2.05) is 29.6 Å². The number of rotatable bonds is 6. The van der Waals surface area contributed by atoms with Gasteiger partial charge in [0, 0.05) is 22.0 Å². The lowest BCUT2D eigenvalue weighted by atomic mass is 9.93. The van der Waals surface area contributed by atoms with Gasteiger partial charge in [-0.25, -0.2) is 8.42 Å². The number of methoxy groups -OCH3 is 1. The van der Waals surface area contributed by atoms with Crippen LogP contribution in [0.4, 0.5) is 0 Å². The first-order chi connectivity index (χ1) is 16.5. The molecule has 9 heteroatoms. The molecular weight excluding hydrogens is 504 g/mol. The van der Waals surface area contributed by atoms with Gasteiger partial charge in [-0.1, -0.05) is 23.7 Å². The number of ether oxygens (including phenoxy) is 1. The van der Waals surface area contributed by atoms with Crippen molar-refractivity contribution >= 4 is 38.9 Å². The zero-order valence-electron chi connectivity index (χ0n) is 20.2. The third-order valence-electron chi connectivity index (χ3n) is 6.15. The van der Waals surface area contributed by atoms with Crippen LogP contribution in [0.5, 0.6) is 5.75 Å². The Hall–Kier alpha value is -2.39. The molecule has 0 N–H and O–H groups in total. The number of sulfonamides is 1. The minimum absolute atomic E-state index is 0.107. The summed E-state index contributed by atoms with van der Waals surface area (Å²) in [4.78, 5) is 17.0. The molecule has 0 saturated heterocycles. The molecule has 1 amide bonds. The molecule has 2 aromatic carbocycles. The Morgan fingerprint density at radius 1 is 1.11 bits per heavy atom. The van der Waals surface area contributed by atoms with Gasteiger partial charge in [0.15, 0.2) is 0 Å². The molecule has 1 atom stereocenters. The fraction of sp³-hybridized carbons (Fsp3) is 0.346. The molecule has 2 heterocycles. The van der Waals surface area contributed by atoms with Crippen LogP contribution in [-0.4, -0.2) is 49.3 Å². The van der Waals surface area contributed by atoms with Crippen molar-refractivity contribution in [3.05, 3.63) is 81.0 Å². The van der Waals surface area contributed by atoms with E-state index in [0.29, 0.717) is 11.6 Å². The van der Waals surface area contributed by atoms with Crippen molar-refractivity contribution in [1.82, 2.24) is 9.21 Å². The number of thiophene rings is 1. The number of carbonyl (C=O) groups excluding carboxylic acids is 1. The number of fused-ring (bicyclic) bond motifs is 1. The van der Waals surface area contributed by atoms with Crippen molar-refractivity contribution in [3.8, 4) is 5.75 Å². The quantitative estimate of drug-likeness (QED) is 0.428. The van der Waals surface area contributed by atoms with E-state index in [2.05, 4.69) is 6.07 Å². The lowest BCUT2D eigenvalue weighted by Crippen LogP contribution is -2.52. The van der Waals surface area contributed by atoms with E-state index in [4.69, 9.17) is 16.3 Å². The van der Waals surface area contributed by atoms with Crippen LogP contribution in [0.3, 0.4) is 0 Å². The van der Waals surface area contributed by atoms with E-state index < -0.39 is 15.6 Å². The lowest BCUT2D eigenvalue weighted by Gasteiger charge is -2.40. The number of nitrogens with zero attached hydrogens (tertiary/aromatic N) is 2. The molecule has 1 aliphatic heterocycles. The molecule has 0 radical (unpaired) electrons. The SMILES string of the molecule is COc1ccc(C2c3ccsc3CCN2C(=O)CN(C(C)(C)C)S(=O)(=O)c2ccc(Cl)cc2)cc1. The number of hydrogen-bond acceptors (Lipinski definition) is 5. The molecule has 1 aromatic heterocycles. The van der Waals surface area contributed by atoms with Crippen LogP contribution in [0.25, 0.3) is 0 Å². The summed E-state index contributed by atoms with van der Waals surface area (Å²) in [5.74, 6) is 0.496. The van der Waals surface area contributed by atoms with Crippen LogP contribution >= 0.6 is 22.9 Å². The minimum atomic E-state index is -3.94. The fourth-order valence-corrected chi connectivity index (χ4v) is 7.13. The summed E-state index contributed by atoms with van der Waals surface area (Å²) in [5, 5.41) is 2.49. The van der Waals surface area contributed by atoms with Gasteiger partial charge in [0.05, 0.1) is 24.6 Å². The Morgan fingerprint density at radius 2 is 1.77 bits per heavy atom. The van der Waals surface area contributed by atoms with Gasteiger partial charge in [-0.3, -0.25) is 4.79 Å². The first-order valence-corrected chi connectivity index (χ1v) is 14.0. The van der Waals surface area contributed by atoms with Gasteiger partial charge < -0.3 is 9.64 Å². The van der Waals surface area contributed by atoms with Crippen LogP contribution in [0, 0.1) is 0 Å². The second-order valence-corrected chi connectivity index (χ2v) is 12.7. The van der Waals surface area contributed by atoms with Gasteiger partial charge in [0.1, 0.15) is 5.75 Å². The molecule has 0 spiro atoms. The molecule has 0 aliphatic carbocycles. The third-order valence-corrected chi connectivity index (χ3v) is 9.52. The predicted octanol–water partition coefficient (Wildman–Crippen LogP) is 5.37. The molecule has 0 saturated carbocycles. The molecule has 0 fully saturated rings. The summed E-state index contributed by atoms with van der Waals surface area (Å²) >= 11 is 7.65. The van der Waals surface area contributed by atoms with Crippen LogP contribution in [0.2, 0.25) is 5.02 Å². The fourth-order valence-electron chi connectivity index (χ4n) is 4.36. The van der Waals surface area contributed by atoms with E-state index >= 15 is 0 Å². The summed E-state index contributed by atoms with van der Waals surface area (Å²) in [6, 6.07) is 15.5. The average molecular weight is 533 g/mol. The van der Waals surface area contributed by atoms with Crippen molar-refractivity contribution in [2.24, 2.45) is 0 Å². The van der Waals surface area contributed by atoms with E-state index in [9.17, 15) is 13.2 Å². The zero-order valence-corrected chi connectivity index (χ0v) is 22.6. The maximum absolute atomic E-state index is 13.8. The minimum Gasteiger partial charge on any atom is -0.497 e. The molecule has 4 rings (SSSR count). The maximum Gasteiger partial charge on any atom is 0.244 e. The molecule has 3 aromatic rings. The Bertz CT molecular complexity index is 1300. The Morgan fingerprint density at radius 3 is 2.37 bits per heavy atom. The zero-order chi connectivity index (χ0) is 25.4. The highest BCUT2D eigenvalue weighted by molar-refractivity contribution is 7.89. The normalized spacial score (nSPS) is 16.3. The van der Waals surface area contributed by atoms with E-state index in [1.165, 1.54) is 21.3 Å². The van der Waals surface area contributed by atoms with Crippen molar-refractivity contribution in [2.75, 3.05) is 20.2 Å². The summed E-state index contributed by atoms with van der Waals surface area (Å²) in [6.07, 6.45) is 0.741. The van der Waals surface area contributed by atoms with Gasteiger partial charge in [0.2, 0.25) is 15.9 Å². The number of hydrogen-bond donors (Lipinski definition) is 0. The molecule has 35 heavy (non-hydrogen) atoms. The van der Waals surface area contributed by atoms with Crippen LogP contribution in [0.1, 0.15) is 42.8 Å². The average Bonchev–Trinajstić information content (AvgIpc) is 3.30. The van der Waals surface area contributed by atoms with E-state index in [1.54, 1.807) is 56.3 Å². The Kier molecular flexibility index (Phi) is 7.29. The maximum atomic E-state index is 13.8. The van der Waals surface area contributed by atoms with Gasteiger partial charge in [-0.05, 0) is 86.2 Å². The Balaban J connectivity index is 1.69. The van der Waals surface area contributed by atoms with Crippen molar-refractivity contribution in [2.45, 2.75) is 43.7 Å². The monoisotopic (exact) mass is 532 g/mol. The van der Waals surface area contributed by atoms with Crippen LogP contribution in [-0.2, 0) is 21.2 Å². The molecule has 1 unspecified atom stereocenters. The molecule has 0 bridgehead atoms. The van der Waals surface area contributed by atoms with Gasteiger partial charge in [-0.15, -0.1) is 11.3 Å². The van der Waals surface area contributed by atoms with Crippen molar-refractivity contribution in [3.63, 3.8) is 0 Å². The van der Waals surface area contributed by atoms with E-state index in [0.717, 1.165) is 23.3 Å². The standard InChI is InChI=1S/C26H29ClN2O4S2/c1-26(2,3)29(35(31,32)21-11-7-19(27)8-12-21)17-24(30)28-15-13-23-22(14-16-34-23)25(28)18-5-9-20(33-4)10-6-18/h5-12,14,16,25H,13,15,17H2,1-4H3. The second kappa shape index (κ2) is 9.93. The first kappa shape index (κ1) is 25.7. The second-order valence-electron chi connectivity index (χ2n) is 9.45. The summed E-state index contributed by atoms with van der Waals surface area (Å²) in [6.45, 7) is 5.63. The van der Waals surface area contributed by atoms with Crippen LogP contribution in [0.15, 0.2) is 64.9 Å². The third kappa shape index (κ3) is 5.26. The number of carbonyl (C=O) groups is 1. The van der Waals surface area contributed by atoms with Gasteiger partial charge in [0.25, 0.3) is 0 Å². The summed E-state index contributed by atoms with van der Waals surface area (Å²) in [7, 11) is -2.32. The highest BCUT2D eigenvalue weighted by Crippen LogP contribution is 2.39. The van der Waals surface area contributed by atoms with Crippen molar-refractivity contribution in [1.29, 1.82) is 0 Å². The van der Waals surface area contributed by atoms with Crippen molar-refractivity contribution < 1.29 is 17.9 Å². The van der Waals surface area contributed by atoms with Gasteiger partial charge >= 0.3 is 0 Å². The summed E-state index contributed by atoms with van der Waals surface area (Å²) < 4.78 is 33.8.